The van der Waals surface area contributed by atoms with Crippen molar-refractivity contribution in [2.24, 2.45) is 5.92 Å². The van der Waals surface area contributed by atoms with Crippen LogP contribution in [0.3, 0.4) is 0 Å². The Labute approximate surface area is 93.0 Å². The van der Waals surface area contributed by atoms with E-state index >= 15 is 0 Å². The average molecular weight is 210 g/mol. The third-order valence-electron chi connectivity index (χ3n) is 2.10. The summed E-state index contributed by atoms with van der Waals surface area (Å²) in [4.78, 5) is 10.6. The van der Waals surface area contributed by atoms with Crippen LogP contribution in [0.5, 0.6) is 0 Å². The number of carbonyl (C=O) groups is 1. The fraction of sp³-hybridized carbons (Fsp3) is 0.615. The first-order valence-electron chi connectivity index (χ1n) is 5.65. The summed E-state index contributed by atoms with van der Waals surface area (Å²) in [6, 6.07) is 0. The van der Waals surface area contributed by atoms with Crippen LogP contribution in [0.4, 0.5) is 0 Å². The van der Waals surface area contributed by atoms with Gasteiger partial charge in [-0.15, -0.1) is 0 Å². The van der Waals surface area contributed by atoms with Crippen LogP contribution in [-0.4, -0.2) is 5.97 Å². The summed E-state index contributed by atoms with van der Waals surface area (Å²) in [6.45, 7) is 7.80. The monoisotopic (exact) mass is 210 g/mol. The Balaban J connectivity index is 3.23. The van der Waals surface area contributed by atoms with Gasteiger partial charge in [0.05, 0.1) is 6.26 Å². The van der Waals surface area contributed by atoms with Crippen molar-refractivity contribution >= 4 is 5.97 Å². The van der Waals surface area contributed by atoms with Crippen LogP contribution < -0.4 is 0 Å². The zero-order chi connectivity index (χ0) is 11.5. The van der Waals surface area contributed by atoms with Crippen LogP contribution in [0.15, 0.2) is 25.0 Å². The zero-order valence-electron chi connectivity index (χ0n) is 9.87. The Bertz CT molecular complexity index is 205. The fourth-order valence-corrected chi connectivity index (χ4v) is 1.22. The van der Waals surface area contributed by atoms with E-state index < -0.39 is 5.97 Å². The third kappa shape index (κ3) is 10.9. The van der Waals surface area contributed by atoms with E-state index in [1.165, 1.54) is 25.5 Å². The second kappa shape index (κ2) is 9.50. The largest absolute Gasteiger partial charge is 0.432 e. The molecule has 0 unspecified atom stereocenters. The summed E-state index contributed by atoms with van der Waals surface area (Å²) < 4.78 is 4.70. The maximum atomic E-state index is 10.6. The topological polar surface area (TPSA) is 26.3 Å². The van der Waals surface area contributed by atoms with Gasteiger partial charge in [-0.05, 0) is 24.8 Å². The van der Waals surface area contributed by atoms with Crippen LogP contribution in [0.1, 0.15) is 46.0 Å². The van der Waals surface area contributed by atoms with Crippen molar-refractivity contribution in [3.8, 4) is 0 Å². The van der Waals surface area contributed by atoms with Gasteiger partial charge in [0.25, 0.3) is 0 Å². The van der Waals surface area contributed by atoms with Crippen molar-refractivity contribution in [3.63, 3.8) is 0 Å². The maximum absolute atomic E-state index is 10.6. The molecule has 15 heavy (non-hydrogen) atoms. The number of allylic oxidation sites excluding steroid dienone is 1. The van der Waals surface area contributed by atoms with Gasteiger partial charge in [-0.1, -0.05) is 39.7 Å². The van der Waals surface area contributed by atoms with Gasteiger partial charge in [-0.3, -0.25) is 0 Å². The molecule has 0 saturated carbocycles. The summed E-state index contributed by atoms with van der Waals surface area (Å²) in [6.07, 6.45) is 10.5. The number of rotatable bonds is 8. The minimum Gasteiger partial charge on any atom is -0.432 e. The minimum atomic E-state index is -0.397. The van der Waals surface area contributed by atoms with E-state index in [1.807, 2.05) is 6.08 Å². The highest BCUT2D eigenvalue weighted by molar-refractivity contribution is 5.81. The number of unbranched alkanes of at least 4 members (excludes halogenated alkanes) is 3. The molecule has 0 aliphatic carbocycles. The van der Waals surface area contributed by atoms with Gasteiger partial charge in [-0.2, -0.15) is 0 Å². The molecule has 0 radical (unpaired) electrons. The van der Waals surface area contributed by atoms with Crippen molar-refractivity contribution in [1.29, 1.82) is 0 Å². The lowest BCUT2D eigenvalue weighted by Crippen LogP contribution is -1.91. The number of hydrogen-bond donors (Lipinski definition) is 0. The first kappa shape index (κ1) is 13.9. The smallest absolute Gasteiger partial charge is 0.334 e. The zero-order valence-corrected chi connectivity index (χ0v) is 9.87. The first-order valence-corrected chi connectivity index (χ1v) is 5.65. The predicted octanol–water partition coefficient (Wildman–Crippen LogP) is 3.84. The lowest BCUT2D eigenvalue weighted by atomic mass is 10.0. The average Bonchev–Trinajstić information content (AvgIpc) is 2.21. The highest BCUT2D eigenvalue weighted by Crippen LogP contribution is 2.09. The molecule has 0 spiro atoms. The molecular formula is C13H22O2. The summed E-state index contributed by atoms with van der Waals surface area (Å²) in [5.74, 6) is 0.403. The molecule has 0 amide bonds. The van der Waals surface area contributed by atoms with Crippen LogP contribution in [-0.2, 0) is 9.53 Å². The second-order valence-corrected chi connectivity index (χ2v) is 4.04. The standard InChI is InChI=1S/C13H22O2/c1-4-13(14)15-11-9-7-5-6-8-10-12(2)3/h4,9,11-12H,1,5-8,10H2,2-3H3/b11-9+. The van der Waals surface area contributed by atoms with E-state index in [1.54, 1.807) is 0 Å². The lowest BCUT2D eigenvalue weighted by Gasteiger charge is -2.02. The minimum absolute atomic E-state index is 0.397. The Morgan fingerprint density at radius 1 is 1.33 bits per heavy atom. The molecular weight excluding hydrogens is 188 g/mol. The Kier molecular flexibility index (Phi) is 8.84. The Morgan fingerprint density at radius 3 is 2.67 bits per heavy atom. The molecule has 2 nitrogen and oxygen atoms in total. The highest BCUT2D eigenvalue weighted by Gasteiger charge is 1.93. The quantitative estimate of drug-likeness (QED) is 0.263. The van der Waals surface area contributed by atoms with Crippen LogP contribution in [0, 0.1) is 5.92 Å². The molecule has 0 aliphatic heterocycles. The normalized spacial score (nSPS) is 10.9. The van der Waals surface area contributed by atoms with E-state index in [2.05, 4.69) is 20.4 Å². The highest BCUT2D eigenvalue weighted by atomic mass is 16.5. The number of ether oxygens (including phenoxy) is 1. The summed E-state index contributed by atoms with van der Waals surface area (Å²) >= 11 is 0. The summed E-state index contributed by atoms with van der Waals surface area (Å²) in [7, 11) is 0. The number of hydrogen-bond acceptors (Lipinski definition) is 2. The third-order valence-corrected chi connectivity index (χ3v) is 2.10. The van der Waals surface area contributed by atoms with Crippen molar-refractivity contribution in [2.75, 3.05) is 0 Å². The molecule has 0 fully saturated rings. The van der Waals surface area contributed by atoms with E-state index in [0.29, 0.717) is 0 Å². The molecule has 0 N–H and O–H groups in total. The van der Waals surface area contributed by atoms with Gasteiger partial charge in [0.15, 0.2) is 0 Å². The van der Waals surface area contributed by atoms with Crippen LogP contribution >= 0.6 is 0 Å². The van der Waals surface area contributed by atoms with Crippen molar-refractivity contribution in [2.45, 2.75) is 46.0 Å². The molecule has 0 atom stereocenters. The number of carbonyl (C=O) groups excluding carboxylic acids is 1. The van der Waals surface area contributed by atoms with Crippen molar-refractivity contribution in [3.05, 3.63) is 25.0 Å². The van der Waals surface area contributed by atoms with Gasteiger partial charge in [0.1, 0.15) is 0 Å². The molecule has 0 aromatic heterocycles. The Morgan fingerprint density at radius 2 is 2.07 bits per heavy atom. The van der Waals surface area contributed by atoms with Gasteiger partial charge in [0.2, 0.25) is 0 Å². The van der Waals surface area contributed by atoms with Crippen LogP contribution in [0.2, 0.25) is 0 Å². The first-order chi connectivity index (χ1) is 7.16. The molecule has 0 aromatic carbocycles. The van der Waals surface area contributed by atoms with Crippen molar-refractivity contribution in [1.82, 2.24) is 0 Å². The molecule has 2 heteroatoms. The predicted molar refractivity (Wildman–Crippen MR) is 63.4 cm³/mol. The molecule has 0 saturated heterocycles. The molecule has 0 aromatic rings. The molecule has 0 bridgehead atoms. The summed E-state index contributed by atoms with van der Waals surface area (Å²) in [5, 5.41) is 0. The van der Waals surface area contributed by atoms with Gasteiger partial charge >= 0.3 is 5.97 Å². The maximum Gasteiger partial charge on any atom is 0.334 e. The SMILES string of the molecule is C=CC(=O)O/C=C/CCCCCC(C)C. The molecule has 0 rings (SSSR count). The molecule has 86 valence electrons. The van der Waals surface area contributed by atoms with Gasteiger partial charge in [-0.25, -0.2) is 4.79 Å². The van der Waals surface area contributed by atoms with E-state index in [-0.39, 0.29) is 0 Å². The molecule has 0 heterocycles. The lowest BCUT2D eigenvalue weighted by molar-refractivity contribution is -0.132. The second-order valence-electron chi connectivity index (χ2n) is 4.04. The Hall–Kier alpha value is -1.05. The van der Waals surface area contributed by atoms with Crippen molar-refractivity contribution < 1.29 is 9.53 Å². The van der Waals surface area contributed by atoms with E-state index in [4.69, 9.17) is 4.74 Å². The summed E-state index contributed by atoms with van der Waals surface area (Å²) in [5.41, 5.74) is 0. The van der Waals surface area contributed by atoms with E-state index in [9.17, 15) is 4.79 Å². The van der Waals surface area contributed by atoms with Crippen LogP contribution in [0.25, 0.3) is 0 Å². The molecule has 0 aliphatic rings. The van der Waals surface area contributed by atoms with E-state index in [0.717, 1.165) is 24.8 Å². The van der Waals surface area contributed by atoms with Gasteiger partial charge in [0, 0.05) is 6.08 Å². The fourth-order valence-electron chi connectivity index (χ4n) is 1.22. The number of esters is 1. The van der Waals surface area contributed by atoms with Gasteiger partial charge < -0.3 is 4.74 Å².